The molecule has 0 spiro atoms. The van der Waals surface area contributed by atoms with Crippen LogP contribution in [0.1, 0.15) is 39.2 Å². The summed E-state index contributed by atoms with van der Waals surface area (Å²) >= 11 is -1.79. The van der Waals surface area contributed by atoms with Gasteiger partial charge in [0.15, 0.2) is 5.92 Å². The molecular formula is C23H29AsBrNO9. The Morgan fingerprint density at radius 1 is 1.00 bits per heavy atom. The van der Waals surface area contributed by atoms with Crippen molar-refractivity contribution in [3.05, 3.63) is 52.5 Å². The van der Waals surface area contributed by atoms with Crippen molar-refractivity contribution in [2.75, 3.05) is 18.5 Å². The van der Waals surface area contributed by atoms with Crippen LogP contribution in [0.25, 0.3) is 0 Å². The maximum atomic E-state index is 12.0. The van der Waals surface area contributed by atoms with Gasteiger partial charge in [-0.15, -0.1) is 0 Å². The minimum atomic E-state index is -5.14. The van der Waals surface area contributed by atoms with E-state index in [9.17, 15) is 23.2 Å². The van der Waals surface area contributed by atoms with Crippen molar-refractivity contribution in [1.82, 2.24) is 0 Å². The Hall–Kier alpha value is -2.59. The number of phenolic OH excluding ortho intramolecular Hbond substituents is 1. The number of ether oxygens (including phenoxy) is 2. The molecule has 10 nitrogen and oxygen atoms in total. The molecule has 2 rings (SSSR count). The molecule has 0 fully saturated rings. The summed E-state index contributed by atoms with van der Waals surface area (Å²) in [6, 6.07) is 11.2. The third kappa shape index (κ3) is 9.52. The summed E-state index contributed by atoms with van der Waals surface area (Å²) in [7, 11) is 0. The monoisotopic (exact) mass is 617 g/mol. The van der Waals surface area contributed by atoms with Crippen molar-refractivity contribution in [1.29, 1.82) is 0 Å². The van der Waals surface area contributed by atoms with E-state index in [0.29, 0.717) is 0 Å². The van der Waals surface area contributed by atoms with E-state index < -0.39 is 37.9 Å². The first-order valence-electron chi connectivity index (χ1n) is 10.6. The molecule has 2 aromatic rings. The van der Waals surface area contributed by atoms with Crippen molar-refractivity contribution < 1.29 is 40.9 Å². The predicted octanol–water partition coefficient (Wildman–Crippen LogP) is 2.21. The number of carbonyl (C=O) groups is 3. The summed E-state index contributed by atoms with van der Waals surface area (Å²) in [6.07, 6.45) is 0. The number of anilines is 1. The first kappa shape index (κ1) is 30.4. The van der Waals surface area contributed by atoms with Crippen molar-refractivity contribution in [2.24, 2.45) is 5.92 Å². The Kier molecular flexibility index (Phi) is 12.2. The van der Waals surface area contributed by atoms with E-state index in [1.165, 1.54) is 25.1 Å². The topological polar surface area (TPSA) is 159 Å². The fraction of sp³-hybridized carbons (Fsp3) is 0.348. The molecule has 0 radical (unpaired) electrons. The Morgan fingerprint density at radius 2 is 1.51 bits per heavy atom. The van der Waals surface area contributed by atoms with Crippen LogP contribution < -0.4 is 9.67 Å². The van der Waals surface area contributed by atoms with Gasteiger partial charge >= 0.3 is 100 Å². The van der Waals surface area contributed by atoms with Gasteiger partial charge in [-0.1, -0.05) is 35.0 Å². The standard InChI is InChI=1S/C15H19BrO4.C8H10AsNO5/c1-4-19-14(17)13(15(18)20-5-2)10(3)11-6-8-12(16)9-7-11;1-5(11)10-8-6(9(13,14)15)3-2-4-7(8)12/h6-10,13H,4-5H2,1-3H3;2-4,12H,1H3,(H,10,11)(H2,13,14,15). The maximum absolute atomic E-state index is 12.0. The molecule has 35 heavy (non-hydrogen) atoms. The molecule has 2 aromatic carbocycles. The number of hydrogen-bond acceptors (Lipinski definition) is 7. The second-order valence-corrected chi connectivity index (χ2v) is 11.4. The second kappa shape index (κ2) is 14.1. The Bertz CT molecular complexity index is 1050. The molecule has 0 bridgehead atoms. The van der Waals surface area contributed by atoms with Crippen LogP contribution in [0.4, 0.5) is 5.69 Å². The van der Waals surface area contributed by atoms with Gasteiger partial charge in [-0.3, -0.25) is 9.59 Å². The van der Waals surface area contributed by atoms with E-state index in [-0.39, 0.29) is 34.9 Å². The molecular weight excluding hydrogens is 589 g/mol. The van der Waals surface area contributed by atoms with Crippen molar-refractivity contribution in [3.63, 3.8) is 0 Å². The number of halogens is 1. The number of hydrogen-bond donors (Lipinski definition) is 4. The third-order valence-corrected chi connectivity index (χ3v) is 7.24. The molecule has 4 N–H and O–H groups in total. The molecule has 0 saturated heterocycles. The normalized spacial score (nSPS) is 11.7. The van der Waals surface area contributed by atoms with Crippen molar-refractivity contribution >= 4 is 58.0 Å². The van der Waals surface area contributed by atoms with E-state index in [1.807, 2.05) is 31.2 Å². The predicted molar refractivity (Wildman–Crippen MR) is 132 cm³/mol. The molecule has 1 amide bonds. The third-order valence-electron chi connectivity index (χ3n) is 4.61. The molecule has 0 heterocycles. The van der Waals surface area contributed by atoms with E-state index in [4.69, 9.17) is 17.7 Å². The number of phenols is 1. The zero-order valence-electron chi connectivity index (χ0n) is 19.7. The van der Waals surface area contributed by atoms with Gasteiger partial charge < -0.3 is 9.47 Å². The molecule has 0 aliphatic carbocycles. The summed E-state index contributed by atoms with van der Waals surface area (Å²) in [5, 5.41) is 11.5. The summed E-state index contributed by atoms with van der Waals surface area (Å²) in [4.78, 5) is 34.8. The summed E-state index contributed by atoms with van der Waals surface area (Å²) in [5.41, 5.74) is 0.664. The Morgan fingerprint density at radius 3 is 1.94 bits per heavy atom. The Labute approximate surface area is 214 Å². The number of esters is 2. The summed E-state index contributed by atoms with van der Waals surface area (Å²) < 4.78 is 39.7. The molecule has 0 aliphatic heterocycles. The van der Waals surface area contributed by atoms with Crippen LogP contribution in [0.2, 0.25) is 0 Å². The van der Waals surface area contributed by atoms with Crippen molar-refractivity contribution in [3.8, 4) is 5.75 Å². The van der Waals surface area contributed by atoms with Crippen LogP contribution in [0.15, 0.2) is 46.9 Å². The van der Waals surface area contributed by atoms with Gasteiger partial charge in [-0.25, -0.2) is 0 Å². The van der Waals surface area contributed by atoms with E-state index in [0.717, 1.165) is 10.0 Å². The van der Waals surface area contributed by atoms with Crippen LogP contribution >= 0.6 is 15.9 Å². The fourth-order valence-corrected chi connectivity index (χ4v) is 4.82. The molecule has 12 heteroatoms. The first-order chi connectivity index (χ1) is 16.3. The molecule has 0 aliphatic rings. The number of para-hydroxylation sites is 1. The van der Waals surface area contributed by atoms with Gasteiger partial charge in [0.25, 0.3) is 0 Å². The zero-order chi connectivity index (χ0) is 26.8. The number of nitrogens with one attached hydrogen (secondary N) is 1. The first-order valence-corrected chi connectivity index (χ1v) is 14.7. The molecule has 1 atom stereocenters. The van der Waals surface area contributed by atoms with E-state index in [1.54, 1.807) is 13.8 Å². The van der Waals surface area contributed by atoms with Gasteiger partial charge in [-0.05, 0) is 31.5 Å². The van der Waals surface area contributed by atoms with Crippen molar-refractivity contribution in [2.45, 2.75) is 33.6 Å². The van der Waals surface area contributed by atoms with E-state index >= 15 is 0 Å². The minimum Gasteiger partial charge on any atom is -0.465 e. The van der Waals surface area contributed by atoms with Crippen LogP contribution in [0.5, 0.6) is 5.75 Å². The second-order valence-electron chi connectivity index (χ2n) is 7.22. The van der Waals surface area contributed by atoms with Crippen LogP contribution in [-0.2, 0) is 27.6 Å². The van der Waals surface area contributed by atoms with Crippen LogP contribution in [0.3, 0.4) is 0 Å². The molecule has 0 saturated carbocycles. The number of amides is 1. The number of aromatic hydroxyl groups is 1. The summed E-state index contributed by atoms with van der Waals surface area (Å²) in [5.74, 6) is -3.20. The number of rotatable bonds is 8. The largest absolute Gasteiger partial charge is 0.465 e. The maximum Gasteiger partial charge on any atom is 0.320 e. The van der Waals surface area contributed by atoms with Gasteiger partial charge in [0.1, 0.15) is 0 Å². The van der Waals surface area contributed by atoms with Gasteiger partial charge in [0.05, 0.1) is 13.2 Å². The smallest absolute Gasteiger partial charge is 0.320 e. The van der Waals surface area contributed by atoms with Gasteiger partial charge in [0.2, 0.25) is 0 Å². The minimum absolute atomic E-state index is 0.225. The quantitative estimate of drug-likeness (QED) is 0.151. The Balaban J connectivity index is 0.000000365. The average Bonchev–Trinajstić information content (AvgIpc) is 2.75. The SMILES string of the molecule is CC(=O)Nc1c(O)cccc1[As](=O)(O)O.CCOC(=O)C(C(=O)OCC)C(C)c1ccc(Br)cc1. The zero-order valence-corrected chi connectivity index (χ0v) is 23.2. The fourth-order valence-electron chi connectivity index (χ4n) is 3.00. The number of benzene rings is 2. The van der Waals surface area contributed by atoms with Gasteiger partial charge in [-0.2, -0.15) is 0 Å². The number of carbonyl (C=O) groups excluding carboxylic acids is 3. The molecule has 0 aromatic heterocycles. The van der Waals surface area contributed by atoms with Gasteiger partial charge in [0, 0.05) is 10.4 Å². The molecule has 192 valence electrons. The molecule has 1 unspecified atom stereocenters. The average molecular weight is 618 g/mol. The van der Waals surface area contributed by atoms with Crippen LogP contribution in [0, 0.1) is 5.92 Å². The van der Waals surface area contributed by atoms with Crippen LogP contribution in [-0.4, -0.2) is 58.5 Å². The van der Waals surface area contributed by atoms with E-state index in [2.05, 4.69) is 21.2 Å². The summed E-state index contributed by atoms with van der Waals surface area (Å²) in [6.45, 7) is 6.91.